The molecule has 2 aromatic carbocycles. The first-order valence-electron chi connectivity index (χ1n) is 9.00. The molecule has 0 aliphatic carbocycles. The summed E-state index contributed by atoms with van der Waals surface area (Å²) in [5, 5.41) is 6.03. The van der Waals surface area contributed by atoms with E-state index in [-0.39, 0.29) is 18.6 Å². The van der Waals surface area contributed by atoms with Crippen molar-refractivity contribution < 1.29 is 19.1 Å². The van der Waals surface area contributed by atoms with Gasteiger partial charge in [-0.25, -0.2) is 9.80 Å². The highest BCUT2D eigenvalue weighted by molar-refractivity contribution is 9.10. The third-order valence-corrected chi connectivity index (χ3v) is 4.87. The van der Waals surface area contributed by atoms with E-state index < -0.39 is 5.97 Å². The predicted octanol–water partition coefficient (Wildman–Crippen LogP) is 4.09. The molecule has 28 heavy (non-hydrogen) atoms. The van der Waals surface area contributed by atoms with Crippen molar-refractivity contribution in [3.63, 3.8) is 0 Å². The van der Waals surface area contributed by atoms with Crippen LogP contribution in [-0.2, 0) is 14.3 Å². The van der Waals surface area contributed by atoms with Gasteiger partial charge < -0.3 is 9.47 Å². The Morgan fingerprint density at radius 2 is 1.89 bits per heavy atom. The average Bonchev–Trinajstić information content (AvgIpc) is 3.13. The molecular formula is C21H21BrN2O4. The standard InChI is InChI=1S/C21H21BrN2O4/c1-3-27-21(26)13-28-20-7-5-4-6-17(20)19-12-18(23-24(19)14(2)25)15-8-10-16(22)11-9-15/h4-11,19H,3,12-13H2,1-2H3/t19-/m1/s1. The summed E-state index contributed by atoms with van der Waals surface area (Å²) in [7, 11) is 0. The number of esters is 1. The van der Waals surface area contributed by atoms with E-state index in [0.29, 0.717) is 18.8 Å². The number of hydrogen-bond donors (Lipinski definition) is 0. The van der Waals surface area contributed by atoms with E-state index in [1.54, 1.807) is 13.0 Å². The van der Waals surface area contributed by atoms with E-state index in [2.05, 4.69) is 21.0 Å². The number of hydrogen-bond acceptors (Lipinski definition) is 5. The summed E-state index contributed by atoms with van der Waals surface area (Å²) >= 11 is 3.43. The molecule has 0 spiro atoms. The van der Waals surface area contributed by atoms with E-state index in [9.17, 15) is 9.59 Å². The quantitative estimate of drug-likeness (QED) is 0.629. The lowest BCUT2D eigenvalue weighted by Crippen LogP contribution is -2.25. The zero-order valence-electron chi connectivity index (χ0n) is 15.7. The number of carbonyl (C=O) groups is 2. The van der Waals surface area contributed by atoms with Crippen molar-refractivity contribution >= 4 is 33.5 Å². The van der Waals surface area contributed by atoms with Gasteiger partial charge in [-0.15, -0.1) is 0 Å². The maximum absolute atomic E-state index is 12.2. The number of nitrogens with zero attached hydrogens (tertiary/aromatic N) is 2. The first-order chi connectivity index (χ1) is 13.5. The Kier molecular flexibility index (Phi) is 6.46. The number of carbonyl (C=O) groups excluding carboxylic acids is 2. The lowest BCUT2D eigenvalue weighted by Gasteiger charge is -2.22. The van der Waals surface area contributed by atoms with Gasteiger partial charge in [-0.3, -0.25) is 4.79 Å². The summed E-state index contributed by atoms with van der Waals surface area (Å²) in [5.41, 5.74) is 2.59. The largest absolute Gasteiger partial charge is 0.482 e. The Labute approximate surface area is 172 Å². The molecule has 146 valence electrons. The Hall–Kier alpha value is -2.67. The molecule has 3 rings (SSSR count). The van der Waals surface area contributed by atoms with Crippen LogP contribution in [0.4, 0.5) is 0 Å². The van der Waals surface area contributed by atoms with Gasteiger partial charge in [0.25, 0.3) is 0 Å². The Bertz CT molecular complexity index is 896. The van der Waals surface area contributed by atoms with E-state index in [1.165, 1.54) is 11.9 Å². The lowest BCUT2D eigenvalue weighted by atomic mass is 9.97. The molecule has 0 unspecified atom stereocenters. The maximum atomic E-state index is 12.2. The highest BCUT2D eigenvalue weighted by atomic mass is 79.9. The van der Waals surface area contributed by atoms with Gasteiger partial charge in [-0.1, -0.05) is 46.3 Å². The van der Waals surface area contributed by atoms with Crippen molar-refractivity contribution in [1.82, 2.24) is 5.01 Å². The molecule has 1 amide bonds. The summed E-state index contributed by atoms with van der Waals surface area (Å²) in [5.74, 6) is -0.0460. The molecule has 7 heteroatoms. The van der Waals surface area contributed by atoms with Crippen LogP contribution in [0, 0.1) is 0 Å². The molecule has 6 nitrogen and oxygen atoms in total. The highest BCUT2D eigenvalue weighted by Crippen LogP contribution is 2.37. The summed E-state index contributed by atoms with van der Waals surface area (Å²) < 4.78 is 11.6. The molecule has 1 aliphatic rings. The predicted molar refractivity (Wildman–Crippen MR) is 109 cm³/mol. The van der Waals surface area contributed by atoms with Crippen LogP contribution < -0.4 is 4.74 Å². The minimum Gasteiger partial charge on any atom is -0.482 e. The van der Waals surface area contributed by atoms with Crippen molar-refractivity contribution in [3.8, 4) is 5.75 Å². The van der Waals surface area contributed by atoms with Gasteiger partial charge in [0.15, 0.2) is 6.61 Å². The van der Waals surface area contributed by atoms with Crippen LogP contribution in [0.5, 0.6) is 5.75 Å². The zero-order valence-corrected chi connectivity index (χ0v) is 17.3. The van der Waals surface area contributed by atoms with E-state index in [1.807, 2.05) is 42.5 Å². The normalized spacial score (nSPS) is 15.9. The lowest BCUT2D eigenvalue weighted by molar-refractivity contribution is -0.145. The van der Waals surface area contributed by atoms with Crippen LogP contribution in [0.15, 0.2) is 58.1 Å². The second-order valence-electron chi connectivity index (χ2n) is 6.27. The number of ether oxygens (including phenoxy) is 2. The second kappa shape index (κ2) is 9.01. The third-order valence-electron chi connectivity index (χ3n) is 4.34. The van der Waals surface area contributed by atoms with Gasteiger partial charge in [0.2, 0.25) is 5.91 Å². The summed E-state index contributed by atoms with van der Waals surface area (Å²) in [6.07, 6.45) is 0.557. The molecule has 0 radical (unpaired) electrons. The fraction of sp³-hybridized carbons (Fsp3) is 0.286. The van der Waals surface area contributed by atoms with Crippen molar-refractivity contribution in [3.05, 3.63) is 64.1 Å². The van der Waals surface area contributed by atoms with Gasteiger partial charge in [0.1, 0.15) is 5.75 Å². The fourth-order valence-corrected chi connectivity index (χ4v) is 3.35. The molecule has 1 atom stereocenters. The SMILES string of the molecule is CCOC(=O)COc1ccccc1[C@H]1CC(c2ccc(Br)cc2)=NN1C(C)=O. The van der Waals surface area contributed by atoms with E-state index in [4.69, 9.17) is 9.47 Å². The van der Waals surface area contributed by atoms with Crippen LogP contribution in [0.25, 0.3) is 0 Å². The number of rotatable bonds is 6. The van der Waals surface area contributed by atoms with Crippen LogP contribution in [0.1, 0.15) is 37.4 Å². The van der Waals surface area contributed by atoms with Gasteiger partial charge in [0, 0.05) is 23.4 Å². The topological polar surface area (TPSA) is 68.2 Å². The van der Waals surface area contributed by atoms with Gasteiger partial charge in [-0.05, 0) is 30.7 Å². The Morgan fingerprint density at radius 1 is 1.18 bits per heavy atom. The molecule has 1 heterocycles. The first kappa shape index (κ1) is 20.1. The molecule has 2 aromatic rings. The van der Waals surface area contributed by atoms with Crippen molar-refractivity contribution in [2.75, 3.05) is 13.2 Å². The molecule has 0 aromatic heterocycles. The smallest absolute Gasteiger partial charge is 0.344 e. The minimum absolute atomic E-state index is 0.155. The fourth-order valence-electron chi connectivity index (χ4n) is 3.09. The Morgan fingerprint density at radius 3 is 2.57 bits per heavy atom. The van der Waals surface area contributed by atoms with Crippen molar-refractivity contribution in [2.24, 2.45) is 5.10 Å². The first-order valence-corrected chi connectivity index (χ1v) is 9.79. The number of para-hydroxylation sites is 1. The summed E-state index contributed by atoms with van der Waals surface area (Å²) in [4.78, 5) is 23.9. The minimum atomic E-state index is -0.432. The number of hydrazone groups is 1. The van der Waals surface area contributed by atoms with Gasteiger partial charge in [-0.2, -0.15) is 5.10 Å². The van der Waals surface area contributed by atoms with Crippen LogP contribution in [-0.4, -0.2) is 35.8 Å². The van der Waals surface area contributed by atoms with Crippen LogP contribution in [0.2, 0.25) is 0 Å². The molecule has 0 saturated heterocycles. The molecule has 0 N–H and O–H groups in total. The third kappa shape index (κ3) is 4.59. The number of benzene rings is 2. The second-order valence-corrected chi connectivity index (χ2v) is 7.18. The van der Waals surface area contributed by atoms with Crippen LogP contribution >= 0.6 is 15.9 Å². The van der Waals surface area contributed by atoms with E-state index >= 15 is 0 Å². The van der Waals surface area contributed by atoms with Crippen LogP contribution in [0.3, 0.4) is 0 Å². The van der Waals surface area contributed by atoms with Gasteiger partial charge >= 0.3 is 5.97 Å². The zero-order chi connectivity index (χ0) is 20.1. The Balaban J connectivity index is 1.85. The maximum Gasteiger partial charge on any atom is 0.344 e. The summed E-state index contributed by atoms with van der Waals surface area (Å²) in [6, 6.07) is 14.9. The molecular weight excluding hydrogens is 424 g/mol. The molecule has 0 bridgehead atoms. The van der Waals surface area contributed by atoms with Crippen molar-refractivity contribution in [2.45, 2.75) is 26.3 Å². The number of amides is 1. The molecule has 0 saturated carbocycles. The monoisotopic (exact) mass is 444 g/mol. The molecule has 0 fully saturated rings. The highest BCUT2D eigenvalue weighted by Gasteiger charge is 2.33. The van der Waals surface area contributed by atoms with Crippen molar-refractivity contribution in [1.29, 1.82) is 0 Å². The van der Waals surface area contributed by atoms with Gasteiger partial charge in [0.05, 0.1) is 18.4 Å². The average molecular weight is 445 g/mol. The van der Waals surface area contributed by atoms with E-state index in [0.717, 1.165) is 21.3 Å². The number of halogens is 1. The summed E-state index contributed by atoms with van der Waals surface area (Å²) in [6.45, 7) is 3.35. The molecule has 1 aliphatic heterocycles.